The van der Waals surface area contributed by atoms with Crippen molar-refractivity contribution in [1.82, 2.24) is 5.32 Å². The molecule has 0 saturated heterocycles. The quantitative estimate of drug-likeness (QED) is 0.594. The van der Waals surface area contributed by atoms with Crippen molar-refractivity contribution in [2.45, 2.75) is 26.8 Å². The van der Waals surface area contributed by atoms with Crippen molar-refractivity contribution in [3.8, 4) is 0 Å². The molecule has 0 spiro atoms. The van der Waals surface area contributed by atoms with Gasteiger partial charge < -0.3 is 10.4 Å². The van der Waals surface area contributed by atoms with E-state index >= 15 is 0 Å². The minimum atomic E-state index is -0.983. The van der Waals surface area contributed by atoms with Crippen molar-refractivity contribution in [2.75, 3.05) is 0 Å². The van der Waals surface area contributed by atoms with Crippen molar-refractivity contribution in [1.29, 1.82) is 0 Å². The van der Waals surface area contributed by atoms with Crippen molar-refractivity contribution < 1.29 is 14.7 Å². The lowest BCUT2D eigenvalue weighted by molar-refractivity contribution is -0.142. The molecule has 4 nitrogen and oxygen atoms in total. The summed E-state index contributed by atoms with van der Waals surface area (Å²) in [6.07, 6.45) is 0.428. The summed E-state index contributed by atoms with van der Waals surface area (Å²) in [6.45, 7) is 5.65. The molecule has 0 saturated carbocycles. The number of amides is 1. The zero-order chi connectivity index (χ0) is 9.72. The summed E-state index contributed by atoms with van der Waals surface area (Å²) in [7, 11) is 0. The number of carboxylic acids is 1. The topological polar surface area (TPSA) is 66.4 Å². The van der Waals surface area contributed by atoms with Crippen LogP contribution in [-0.2, 0) is 9.59 Å². The smallest absolute Gasteiger partial charge is 0.326 e. The van der Waals surface area contributed by atoms with Gasteiger partial charge >= 0.3 is 5.97 Å². The van der Waals surface area contributed by atoms with Crippen LogP contribution in [0.4, 0.5) is 0 Å². The number of rotatable bonds is 5. The Hall–Kier alpha value is -1.06. The van der Waals surface area contributed by atoms with Gasteiger partial charge in [0.25, 0.3) is 0 Å². The van der Waals surface area contributed by atoms with Crippen molar-refractivity contribution in [2.24, 2.45) is 11.8 Å². The first-order valence-corrected chi connectivity index (χ1v) is 3.93. The molecule has 2 unspecified atom stereocenters. The molecule has 0 aliphatic carbocycles. The van der Waals surface area contributed by atoms with Crippen LogP contribution in [0.2, 0.25) is 0 Å². The molecule has 0 aromatic carbocycles. The summed E-state index contributed by atoms with van der Waals surface area (Å²) < 4.78 is 0. The minimum Gasteiger partial charge on any atom is -0.480 e. The third-order valence-corrected chi connectivity index (χ3v) is 2.09. The van der Waals surface area contributed by atoms with Crippen molar-refractivity contribution >= 4 is 12.4 Å². The summed E-state index contributed by atoms with van der Waals surface area (Å²) in [5, 5.41) is 11.0. The lowest BCUT2D eigenvalue weighted by atomic mass is 9.90. The summed E-state index contributed by atoms with van der Waals surface area (Å²) in [6, 6.07) is -0.775. The van der Waals surface area contributed by atoms with E-state index in [0.717, 1.165) is 0 Å². The maximum Gasteiger partial charge on any atom is 0.326 e. The van der Waals surface area contributed by atoms with Gasteiger partial charge in [0.1, 0.15) is 6.04 Å². The number of carbonyl (C=O) groups is 2. The number of hydrogen-bond donors (Lipinski definition) is 2. The van der Waals surface area contributed by atoms with Gasteiger partial charge in [0.05, 0.1) is 0 Å². The average Bonchev–Trinajstić information content (AvgIpc) is 1.98. The van der Waals surface area contributed by atoms with Gasteiger partial charge in [0, 0.05) is 0 Å². The number of hydrogen-bond acceptors (Lipinski definition) is 2. The molecule has 0 aliphatic rings. The first-order valence-electron chi connectivity index (χ1n) is 3.93. The van der Waals surface area contributed by atoms with E-state index in [0.29, 0.717) is 6.41 Å². The first-order chi connectivity index (χ1) is 5.50. The third-order valence-electron chi connectivity index (χ3n) is 2.09. The first kappa shape index (κ1) is 10.9. The molecule has 2 atom stereocenters. The summed E-state index contributed by atoms with van der Waals surface area (Å²) >= 11 is 0. The van der Waals surface area contributed by atoms with Crippen molar-refractivity contribution in [3.05, 3.63) is 0 Å². The molecule has 0 aromatic rings. The molecule has 12 heavy (non-hydrogen) atoms. The molecular formula is C8H15NO3. The van der Waals surface area contributed by atoms with Gasteiger partial charge in [-0.15, -0.1) is 0 Å². The molecule has 0 aromatic heterocycles. The molecule has 0 bridgehead atoms. The second kappa shape index (κ2) is 4.74. The molecule has 0 radical (unpaired) electrons. The standard InChI is InChI=1S/C8H15NO3/c1-5(2)6(3)7(8(11)12)9-4-10/h4-7H,1-3H3,(H,9,10)(H,11,12). The highest BCUT2D eigenvalue weighted by Gasteiger charge is 2.25. The van der Waals surface area contributed by atoms with E-state index in [4.69, 9.17) is 5.11 Å². The predicted molar refractivity (Wildman–Crippen MR) is 44.6 cm³/mol. The summed E-state index contributed by atoms with van der Waals surface area (Å²) in [5.74, 6) is -0.811. The van der Waals surface area contributed by atoms with E-state index < -0.39 is 12.0 Å². The Morgan fingerprint density at radius 2 is 1.92 bits per heavy atom. The zero-order valence-corrected chi connectivity index (χ0v) is 7.57. The largest absolute Gasteiger partial charge is 0.480 e. The second-order valence-corrected chi connectivity index (χ2v) is 3.20. The highest BCUT2D eigenvalue weighted by atomic mass is 16.4. The normalized spacial score (nSPS) is 15.3. The van der Waals surface area contributed by atoms with E-state index in [9.17, 15) is 9.59 Å². The molecule has 0 heterocycles. The van der Waals surface area contributed by atoms with E-state index in [2.05, 4.69) is 5.32 Å². The molecule has 0 rings (SSSR count). The molecule has 1 amide bonds. The van der Waals surface area contributed by atoms with E-state index in [1.807, 2.05) is 13.8 Å². The Bertz CT molecular complexity index is 168. The van der Waals surface area contributed by atoms with Gasteiger partial charge in [0.2, 0.25) is 6.41 Å². The molecule has 0 fully saturated rings. The second-order valence-electron chi connectivity index (χ2n) is 3.20. The minimum absolute atomic E-state index is 0.0623. The molecule has 2 N–H and O–H groups in total. The fourth-order valence-corrected chi connectivity index (χ4v) is 0.906. The molecule has 70 valence electrons. The van der Waals surface area contributed by atoms with Gasteiger partial charge in [-0.2, -0.15) is 0 Å². The third kappa shape index (κ3) is 2.90. The fourth-order valence-electron chi connectivity index (χ4n) is 0.906. The fraction of sp³-hybridized carbons (Fsp3) is 0.750. The number of nitrogens with one attached hydrogen (secondary N) is 1. The van der Waals surface area contributed by atoms with Crippen LogP contribution >= 0.6 is 0 Å². The average molecular weight is 173 g/mol. The Morgan fingerprint density at radius 1 is 1.42 bits per heavy atom. The van der Waals surface area contributed by atoms with E-state index in [1.54, 1.807) is 6.92 Å². The van der Waals surface area contributed by atoms with Crippen LogP contribution in [0.25, 0.3) is 0 Å². The van der Waals surface area contributed by atoms with Crippen LogP contribution < -0.4 is 5.32 Å². The number of aliphatic carboxylic acids is 1. The van der Waals surface area contributed by atoms with E-state index in [-0.39, 0.29) is 11.8 Å². The van der Waals surface area contributed by atoms with Crippen LogP contribution in [0.3, 0.4) is 0 Å². The van der Waals surface area contributed by atoms with E-state index in [1.165, 1.54) is 0 Å². The lowest BCUT2D eigenvalue weighted by Crippen LogP contribution is -2.42. The van der Waals surface area contributed by atoms with Gasteiger partial charge in [-0.05, 0) is 11.8 Å². The van der Waals surface area contributed by atoms with Gasteiger partial charge in [-0.3, -0.25) is 4.79 Å². The number of carboxylic acid groups (broad SMARTS) is 1. The number of carbonyl (C=O) groups excluding carboxylic acids is 1. The highest BCUT2D eigenvalue weighted by Crippen LogP contribution is 2.14. The Morgan fingerprint density at radius 3 is 2.17 bits per heavy atom. The Kier molecular flexibility index (Phi) is 4.33. The van der Waals surface area contributed by atoms with Crippen LogP contribution in [-0.4, -0.2) is 23.5 Å². The highest BCUT2D eigenvalue weighted by molar-refractivity contribution is 5.76. The maximum atomic E-state index is 10.6. The Labute approximate surface area is 72.0 Å². The molecule has 4 heteroatoms. The van der Waals surface area contributed by atoms with Crippen LogP contribution in [0.5, 0.6) is 0 Å². The van der Waals surface area contributed by atoms with Crippen LogP contribution in [0.1, 0.15) is 20.8 Å². The lowest BCUT2D eigenvalue weighted by Gasteiger charge is -2.22. The molecule has 0 aliphatic heterocycles. The Balaban J connectivity index is 4.28. The van der Waals surface area contributed by atoms with Crippen LogP contribution in [0, 0.1) is 11.8 Å². The SMILES string of the molecule is CC(C)C(C)C(NC=O)C(=O)O. The van der Waals surface area contributed by atoms with Crippen LogP contribution in [0.15, 0.2) is 0 Å². The zero-order valence-electron chi connectivity index (χ0n) is 7.57. The summed E-state index contributed by atoms with van der Waals surface area (Å²) in [5.41, 5.74) is 0. The maximum absolute atomic E-state index is 10.6. The van der Waals surface area contributed by atoms with Crippen molar-refractivity contribution in [3.63, 3.8) is 0 Å². The predicted octanol–water partition coefficient (Wildman–Crippen LogP) is 0.478. The van der Waals surface area contributed by atoms with Gasteiger partial charge in [-0.1, -0.05) is 20.8 Å². The monoisotopic (exact) mass is 173 g/mol. The van der Waals surface area contributed by atoms with Gasteiger partial charge in [-0.25, -0.2) is 4.79 Å². The summed E-state index contributed by atoms with van der Waals surface area (Å²) in [4.78, 5) is 20.7. The van der Waals surface area contributed by atoms with Gasteiger partial charge in [0.15, 0.2) is 0 Å². The molecular weight excluding hydrogens is 158 g/mol.